The van der Waals surface area contributed by atoms with Crippen molar-refractivity contribution in [2.24, 2.45) is 11.8 Å². The van der Waals surface area contributed by atoms with Crippen molar-refractivity contribution in [3.63, 3.8) is 0 Å². The van der Waals surface area contributed by atoms with E-state index >= 15 is 0 Å². The van der Waals surface area contributed by atoms with Crippen LogP contribution < -0.4 is 5.32 Å². The first-order valence-electron chi connectivity index (χ1n) is 8.90. The number of amides is 1. The van der Waals surface area contributed by atoms with Crippen LogP contribution in [0, 0.1) is 11.8 Å². The van der Waals surface area contributed by atoms with Crippen molar-refractivity contribution < 1.29 is 9.53 Å². The van der Waals surface area contributed by atoms with Gasteiger partial charge in [-0.05, 0) is 63.2 Å². The number of likely N-dealkylation sites (tertiary alicyclic amines) is 1. The molecule has 4 nitrogen and oxygen atoms in total. The molecule has 1 amide bonds. The predicted octanol–water partition coefficient (Wildman–Crippen LogP) is 1.94. The highest BCUT2D eigenvalue weighted by molar-refractivity contribution is 5.81. The van der Waals surface area contributed by atoms with Gasteiger partial charge in [0, 0.05) is 26.2 Å². The number of rotatable bonds is 5. The molecule has 4 aliphatic rings. The molecule has 0 aromatic rings. The molecule has 0 aromatic heterocycles. The summed E-state index contributed by atoms with van der Waals surface area (Å²) < 4.78 is 6.23. The van der Waals surface area contributed by atoms with E-state index < -0.39 is 0 Å². The van der Waals surface area contributed by atoms with Gasteiger partial charge in [-0.3, -0.25) is 4.79 Å². The lowest BCUT2D eigenvalue weighted by atomic mass is 9.88. The van der Waals surface area contributed by atoms with Crippen LogP contribution >= 0.6 is 0 Å². The smallest absolute Gasteiger partial charge is 0.249 e. The van der Waals surface area contributed by atoms with Crippen LogP contribution in [0.2, 0.25) is 0 Å². The van der Waals surface area contributed by atoms with Crippen molar-refractivity contribution in [3.05, 3.63) is 0 Å². The molecule has 2 saturated heterocycles. The molecule has 1 atom stereocenters. The summed E-state index contributed by atoms with van der Waals surface area (Å²) in [6.45, 7) is 4.47. The molecule has 1 spiro atoms. The Labute approximate surface area is 127 Å². The van der Waals surface area contributed by atoms with Crippen LogP contribution in [0.5, 0.6) is 0 Å². The summed E-state index contributed by atoms with van der Waals surface area (Å²) >= 11 is 0. The second-order valence-corrected chi connectivity index (χ2v) is 7.76. The summed E-state index contributed by atoms with van der Waals surface area (Å²) in [6.07, 6.45) is 9.48. The van der Waals surface area contributed by atoms with E-state index in [9.17, 15) is 4.79 Å². The number of nitrogens with one attached hydrogen (secondary N) is 1. The number of carbonyl (C=O) groups excluding carboxylic acids is 1. The maximum absolute atomic E-state index is 12.2. The summed E-state index contributed by atoms with van der Waals surface area (Å²) in [5.41, 5.74) is 0.0155. The van der Waals surface area contributed by atoms with E-state index in [2.05, 4.69) is 10.2 Å². The van der Waals surface area contributed by atoms with Gasteiger partial charge in [-0.15, -0.1) is 0 Å². The average Bonchev–Trinajstić information content (AvgIpc) is 3.41. The average molecular weight is 292 g/mol. The maximum atomic E-state index is 12.2. The van der Waals surface area contributed by atoms with Gasteiger partial charge in [0.1, 0.15) is 6.10 Å². The fourth-order valence-electron chi connectivity index (χ4n) is 3.86. The molecular formula is C17H28N2O2. The normalized spacial score (nSPS) is 32.5. The highest BCUT2D eigenvalue weighted by Gasteiger charge is 2.45. The molecular weight excluding hydrogens is 264 g/mol. The van der Waals surface area contributed by atoms with E-state index in [0.717, 1.165) is 57.2 Å². The standard InChI is InChI=1S/C17H28N2O2/c20-16(18-11-13-1-2-13)15-5-6-17(21-15)7-9-19(10-8-17)12-14-3-4-14/h13-15H,1-12H2,(H,18,20). The van der Waals surface area contributed by atoms with E-state index in [4.69, 9.17) is 4.74 Å². The van der Waals surface area contributed by atoms with Crippen molar-refractivity contribution in [3.8, 4) is 0 Å². The fourth-order valence-corrected chi connectivity index (χ4v) is 3.86. The predicted molar refractivity (Wildman–Crippen MR) is 81.0 cm³/mol. The molecule has 4 fully saturated rings. The van der Waals surface area contributed by atoms with Gasteiger partial charge in [0.2, 0.25) is 5.91 Å². The van der Waals surface area contributed by atoms with E-state index in [1.54, 1.807) is 0 Å². The summed E-state index contributed by atoms with van der Waals surface area (Å²) in [7, 11) is 0. The van der Waals surface area contributed by atoms with E-state index in [-0.39, 0.29) is 17.6 Å². The summed E-state index contributed by atoms with van der Waals surface area (Å²) in [6, 6.07) is 0. The Morgan fingerprint density at radius 2 is 1.76 bits per heavy atom. The molecule has 0 aromatic carbocycles. The number of hydrogen-bond donors (Lipinski definition) is 1. The molecule has 4 heteroatoms. The van der Waals surface area contributed by atoms with Crippen LogP contribution in [0.4, 0.5) is 0 Å². The Kier molecular flexibility index (Phi) is 3.70. The van der Waals surface area contributed by atoms with Gasteiger partial charge in [-0.25, -0.2) is 0 Å². The second kappa shape index (κ2) is 5.54. The molecule has 0 bridgehead atoms. The first kappa shape index (κ1) is 14.0. The third kappa shape index (κ3) is 3.42. The molecule has 2 heterocycles. The number of ether oxygens (including phenoxy) is 1. The van der Waals surface area contributed by atoms with Gasteiger partial charge in [0.05, 0.1) is 5.60 Å². The van der Waals surface area contributed by atoms with Crippen LogP contribution in [0.25, 0.3) is 0 Å². The summed E-state index contributed by atoms with van der Waals surface area (Å²) in [4.78, 5) is 14.8. The van der Waals surface area contributed by atoms with Gasteiger partial charge in [-0.1, -0.05) is 0 Å². The maximum Gasteiger partial charge on any atom is 0.249 e. The lowest BCUT2D eigenvalue weighted by Crippen LogP contribution is -2.46. The van der Waals surface area contributed by atoms with Crippen molar-refractivity contribution in [2.75, 3.05) is 26.2 Å². The SMILES string of the molecule is O=C(NCC1CC1)C1CCC2(CCN(CC3CC3)CC2)O1. The van der Waals surface area contributed by atoms with Gasteiger partial charge in [-0.2, -0.15) is 0 Å². The molecule has 118 valence electrons. The molecule has 2 aliphatic heterocycles. The number of carbonyl (C=O) groups is 1. The Morgan fingerprint density at radius 3 is 2.43 bits per heavy atom. The van der Waals surface area contributed by atoms with Gasteiger partial charge >= 0.3 is 0 Å². The Hall–Kier alpha value is -0.610. The zero-order valence-electron chi connectivity index (χ0n) is 13.0. The van der Waals surface area contributed by atoms with E-state index in [1.807, 2.05) is 0 Å². The minimum atomic E-state index is -0.182. The quantitative estimate of drug-likeness (QED) is 0.842. The van der Waals surface area contributed by atoms with Gasteiger partial charge in [0.15, 0.2) is 0 Å². The van der Waals surface area contributed by atoms with Gasteiger partial charge < -0.3 is 15.0 Å². The summed E-state index contributed by atoms with van der Waals surface area (Å²) in [5, 5.41) is 3.08. The van der Waals surface area contributed by atoms with Crippen molar-refractivity contribution in [2.45, 2.75) is 63.1 Å². The molecule has 0 radical (unpaired) electrons. The molecule has 1 N–H and O–H groups in total. The first-order valence-corrected chi connectivity index (χ1v) is 8.90. The number of piperidine rings is 1. The first-order chi connectivity index (χ1) is 10.2. The Balaban J connectivity index is 1.24. The highest BCUT2D eigenvalue weighted by atomic mass is 16.5. The second-order valence-electron chi connectivity index (χ2n) is 7.76. The third-order valence-corrected chi connectivity index (χ3v) is 5.79. The fraction of sp³-hybridized carbons (Fsp3) is 0.941. The van der Waals surface area contributed by atoms with E-state index in [0.29, 0.717) is 0 Å². The van der Waals surface area contributed by atoms with Crippen molar-refractivity contribution in [1.29, 1.82) is 0 Å². The minimum Gasteiger partial charge on any atom is -0.362 e. The Morgan fingerprint density at radius 1 is 1.05 bits per heavy atom. The molecule has 2 saturated carbocycles. The third-order valence-electron chi connectivity index (χ3n) is 5.79. The van der Waals surface area contributed by atoms with Crippen LogP contribution in [-0.4, -0.2) is 48.7 Å². The zero-order valence-corrected chi connectivity index (χ0v) is 13.0. The molecule has 2 aliphatic carbocycles. The monoisotopic (exact) mass is 292 g/mol. The van der Waals surface area contributed by atoms with Crippen LogP contribution in [0.15, 0.2) is 0 Å². The molecule has 4 rings (SSSR count). The topological polar surface area (TPSA) is 41.6 Å². The van der Waals surface area contributed by atoms with Crippen LogP contribution in [-0.2, 0) is 9.53 Å². The van der Waals surface area contributed by atoms with Gasteiger partial charge in [0.25, 0.3) is 0 Å². The van der Waals surface area contributed by atoms with Crippen molar-refractivity contribution in [1.82, 2.24) is 10.2 Å². The Bertz CT molecular complexity index is 396. The van der Waals surface area contributed by atoms with E-state index in [1.165, 1.54) is 32.2 Å². The van der Waals surface area contributed by atoms with Crippen molar-refractivity contribution >= 4 is 5.91 Å². The summed E-state index contributed by atoms with van der Waals surface area (Å²) in [5.74, 6) is 1.86. The lowest BCUT2D eigenvalue weighted by Gasteiger charge is -2.39. The van der Waals surface area contributed by atoms with Crippen LogP contribution in [0.3, 0.4) is 0 Å². The highest BCUT2D eigenvalue weighted by Crippen LogP contribution is 2.40. The zero-order chi connectivity index (χ0) is 14.3. The lowest BCUT2D eigenvalue weighted by molar-refractivity contribution is -0.140. The number of nitrogens with zero attached hydrogens (tertiary/aromatic N) is 1. The minimum absolute atomic E-state index is 0.0155. The largest absolute Gasteiger partial charge is 0.362 e. The van der Waals surface area contributed by atoms with Crippen LogP contribution in [0.1, 0.15) is 51.4 Å². The molecule has 21 heavy (non-hydrogen) atoms. The number of hydrogen-bond acceptors (Lipinski definition) is 3. The molecule has 1 unspecified atom stereocenters.